The lowest BCUT2D eigenvalue weighted by Crippen LogP contribution is -2.39. The van der Waals surface area contributed by atoms with Gasteiger partial charge in [0.25, 0.3) is 0 Å². The summed E-state index contributed by atoms with van der Waals surface area (Å²) in [4.78, 5) is 26.5. The molecular formula is C32H37ClF3N3O4. The van der Waals surface area contributed by atoms with Crippen LogP contribution in [0.1, 0.15) is 30.4 Å². The van der Waals surface area contributed by atoms with E-state index in [4.69, 9.17) is 26.2 Å². The molecule has 7 nitrogen and oxygen atoms in total. The van der Waals surface area contributed by atoms with Crippen molar-refractivity contribution in [3.05, 3.63) is 95.0 Å². The highest BCUT2D eigenvalue weighted by Gasteiger charge is 2.38. The summed E-state index contributed by atoms with van der Waals surface area (Å²) in [5, 5.41) is 10.9. The standard InChI is InChI=1S/C30H36ClN3O2.C2HF3O2/c1-36-29-14-12-28(13-15-29)32-30(35)34(23-26-8-10-27(31)11-9-26)19-5-18-33-20-16-25(17-21-33)22-24-6-3-2-4-7-24;3-2(4,5)1(6)7/h2-4,6-15,25H,5,16-23H2,1H3,(H,32,35);(H,6,7). The number of carboxylic acids is 1. The number of carbonyl (C=O) groups excluding carboxylic acids is 1. The summed E-state index contributed by atoms with van der Waals surface area (Å²) < 4.78 is 37.0. The Kier molecular flexibility index (Phi) is 13.2. The number of hydrogen-bond donors (Lipinski definition) is 2. The minimum atomic E-state index is -5.08. The second-order valence-corrected chi connectivity index (χ2v) is 10.8. The highest BCUT2D eigenvalue weighted by atomic mass is 35.5. The van der Waals surface area contributed by atoms with Gasteiger partial charge in [0.05, 0.1) is 7.11 Å². The topological polar surface area (TPSA) is 82.1 Å². The van der Waals surface area contributed by atoms with Gasteiger partial charge in [-0.05, 0) is 98.8 Å². The fourth-order valence-electron chi connectivity index (χ4n) is 4.79. The Balaban J connectivity index is 0.000000646. The van der Waals surface area contributed by atoms with Crippen molar-refractivity contribution in [2.75, 3.05) is 38.6 Å². The number of rotatable bonds is 10. The monoisotopic (exact) mass is 619 g/mol. The van der Waals surface area contributed by atoms with Gasteiger partial charge in [0.15, 0.2) is 0 Å². The molecule has 43 heavy (non-hydrogen) atoms. The predicted molar refractivity (Wildman–Crippen MR) is 161 cm³/mol. The molecule has 0 spiro atoms. The second kappa shape index (κ2) is 16.8. The van der Waals surface area contributed by atoms with E-state index in [-0.39, 0.29) is 6.03 Å². The summed E-state index contributed by atoms with van der Waals surface area (Å²) in [5.41, 5.74) is 3.25. The number of anilines is 1. The first kappa shape index (κ1) is 33.7. The molecule has 232 valence electrons. The van der Waals surface area contributed by atoms with Crippen LogP contribution in [-0.4, -0.2) is 66.4 Å². The van der Waals surface area contributed by atoms with Crippen LogP contribution in [0.3, 0.4) is 0 Å². The summed E-state index contributed by atoms with van der Waals surface area (Å²) in [5.74, 6) is -1.23. The maximum atomic E-state index is 13.2. The summed E-state index contributed by atoms with van der Waals surface area (Å²) in [7, 11) is 1.63. The number of piperidine rings is 1. The van der Waals surface area contributed by atoms with Crippen LogP contribution in [0, 0.1) is 5.92 Å². The summed E-state index contributed by atoms with van der Waals surface area (Å²) in [6.07, 6.45) is -0.495. The number of carboxylic acid groups (broad SMARTS) is 1. The van der Waals surface area contributed by atoms with Crippen molar-refractivity contribution >= 4 is 29.3 Å². The number of hydrogen-bond acceptors (Lipinski definition) is 4. The second-order valence-electron chi connectivity index (χ2n) is 10.3. The lowest BCUT2D eigenvalue weighted by atomic mass is 9.90. The number of amides is 2. The van der Waals surface area contributed by atoms with E-state index in [2.05, 4.69) is 40.5 Å². The van der Waals surface area contributed by atoms with Gasteiger partial charge in [-0.3, -0.25) is 0 Å². The molecule has 0 unspecified atom stereocenters. The number of methoxy groups -OCH3 is 1. The number of alkyl halides is 3. The van der Waals surface area contributed by atoms with Gasteiger partial charge in [-0.15, -0.1) is 0 Å². The van der Waals surface area contributed by atoms with Gasteiger partial charge in [0, 0.05) is 23.8 Å². The minimum Gasteiger partial charge on any atom is -0.497 e. The van der Waals surface area contributed by atoms with Crippen molar-refractivity contribution in [2.24, 2.45) is 5.92 Å². The number of nitrogens with one attached hydrogen (secondary N) is 1. The fourth-order valence-corrected chi connectivity index (χ4v) is 4.91. The van der Waals surface area contributed by atoms with Crippen molar-refractivity contribution in [3.8, 4) is 5.75 Å². The first-order valence-corrected chi connectivity index (χ1v) is 14.4. The molecule has 0 radical (unpaired) electrons. The van der Waals surface area contributed by atoms with Crippen molar-refractivity contribution < 1.29 is 32.6 Å². The van der Waals surface area contributed by atoms with Gasteiger partial charge >= 0.3 is 18.2 Å². The van der Waals surface area contributed by atoms with Crippen LogP contribution in [0.5, 0.6) is 5.75 Å². The molecular weight excluding hydrogens is 583 g/mol. The quantitative estimate of drug-likeness (QED) is 0.248. The molecule has 4 rings (SSSR count). The maximum absolute atomic E-state index is 13.2. The third kappa shape index (κ3) is 12.2. The van der Waals surface area contributed by atoms with E-state index < -0.39 is 12.1 Å². The molecule has 0 bridgehead atoms. The average molecular weight is 620 g/mol. The summed E-state index contributed by atoms with van der Waals surface area (Å²) in [6, 6.07) is 25.8. The van der Waals surface area contributed by atoms with E-state index in [0.717, 1.165) is 49.0 Å². The lowest BCUT2D eigenvalue weighted by molar-refractivity contribution is -0.192. The van der Waals surface area contributed by atoms with E-state index in [0.29, 0.717) is 18.1 Å². The third-order valence-electron chi connectivity index (χ3n) is 7.13. The Bertz CT molecular complexity index is 1270. The fraction of sp³-hybridized carbons (Fsp3) is 0.375. The maximum Gasteiger partial charge on any atom is 0.490 e. The predicted octanol–water partition coefficient (Wildman–Crippen LogP) is 7.36. The van der Waals surface area contributed by atoms with Crippen LogP contribution < -0.4 is 10.1 Å². The molecule has 1 aliphatic heterocycles. The van der Waals surface area contributed by atoms with E-state index in [1.54, 1.807) is 7.11 Å². The Morgan fingerprint density at radius 3 is 2.14 bits per heavy atom. The van der Waals surface area contributed by atoms with E-state index in [9.17, 15) is 18.0 Å². The molecule has 1 aliphatic rings. The van der Waals surface area contributed by atoms with Crippen LogP contribution in [-0.2, 0) is 17.8 Å². The van der Waals surface area contributed by atoms with Crippen molar-refractivity contribution in [2.45, 2.75) is 38.4 Å². The van der Waals surface area contributed by atoms with Crippen molar-refractivity contribution in [1.82, 2.24) is 9.80 Å². The Labute approximate surface area is 255 Å². The molecule has 1 heterocycles. The molecule has 11 heteroatoms. The number of aliphatic carboxylic acids is 1. The smallest absolute Gasteiger partial charge is 0.490 e. The molecule has 2 amide bonds. The molecule has 0 aliphatic carbocycles. The zero-order valence-corrected chi connectivity index (χ0v) is 24.8. The number of nitrogens with zero attached hydrogens (tertiary/aromatic N) is 2. The first-order chi connectivity index (χ1) is 20.5. The molecule has 2 N–H and O–H groups in total. The highest BCUT2D eigenvalue weighted by Crippen LogP contribution is 2.22. The van der Waals surface area contributed by atoms with E-state index >= 15 is 0 Å². The summed E-state index contributed by atoms with van der Waals surface area (Å²) in [6.45, 7) is 4.50. The van der Waals surface area contributed by atoms with Gasteiger partial charge in [-0.2, -0.15) is 13.2 Å². The molecule has 3 aromatic carbocycles. The summed E-state index contributed by atoms with van der Waals surface area (Å²) >= 11 is 6.06. The number of benzene rings is 3. The largest absolute Gasteiger partial charge is 0.497 e. The Hall–Kier alpha value is -3.76. The number of ether oxygens (including phenoxy) is 1. The van der Waals surface area contributed by atoms with Gasteiger partial charge < -0.3 is 25.0 Å². The molecule has 1 fully saturated rings. The minimum absolute atomic E-state index is 0.100. The first-order valence-electron chi connectivity index (χ1n) is 14.0. The van der Waals surface area contributed by atoms with E-state index in [1.807, 2.05) is 53.4 Å². The Morgan fingerprint density at radius 1 is 0.977 bits per heavy atom. The highest BCUT2D eigenvalue weighted by molar-refractivity contribution is 6.30. The number of likely N-dealkylation sites (tertiary alicyclic amines) is 1. The van der Waals surface area contributed by atoms with Crippen LogP contribution >= 0.6 is 11.6 Å². The Morgan fingerprint density at radius 2 is 1.58 bits per heavy atom. The van der Waals surface area contributed by atoms with Gasteiger partial charge in [0.1, 0.15) is 5.75 Å². The third-order valence-corrected chi connectivity index (χ3v) is 7.39. The van der Waals surface area contributed by atoms with Crippen LogP contribution in [0.15, 0.2) is 78.9 Å². The zero-order valence-electron chi connectivity index (χ0n) is 24.0. The molecule has 3 aromatic rings. The SMILES string of the molecule is COc1ccc(NC(=O)N(CCCN2CCC(Cc3ccccc3)CC2)Cc2ccc(Cl)cc2)cc1.O=C(O)C(F)(F)F. The van der Waals surface area contributed by atoms with E-state index in [1.165, 1.54) is 24.8 Å². The molecule has 0 aromatic heterocycles. The van der Waals surface area contributed by atoms with Gasteiger partial charge in [0.2, 0.25) is 0 Å². The average Bonchev–Trinajstić information content (AvgIpc) is 2.99. The molecule has 0 atom stereocenters. The molecule has 0 saturated carbocycles. The van der Waals surface area contributed by atoms with Crippen LogP contribution in [0.4, 0.5) is 23.7 Å². The van der Waals surface area contributed by atoms with Crippen LogP contribution in [0.25, 0.3) is 0 Å². The number of halogens is 4. The number of urea groups is 1. The van der Waals surface area contributed by atoms with Gasteiger partial charge in [-0.25, -0.2) is 9.59 Å². The van der Waals surface area contributed by atoms with Crippen LogP contribution in [0.2, 0.25) is 5.02 Å². The van der Waals surface area contributed by atoms with Gasteiger partial charge in [-0.1, -0.05) is 54.1 Å². The molecule has 1 saturated heterocycles. The number of carbonyl (C=O) groups is 2. The zero-order chi connectivity index (χ0) is 31.2. The lowest BCUT2D eigenvalue weighted by Gasteiger charge is -2.32. The van der Waals surface area contributed by atoms with Crippen molar-refractivity contribution in [3.63, 3.8) is 0 Å². The normalized spacial score (nSPS) is 13.9. The van der Waals surface area contributed by atoms with Crippen molar-refractivity contribution in [1.29, 1.82) is 0 Å².